The van der Waals surface area contributed by atoms with Crippen molar-refractivity contribution in [2.24, 2.45) is 0 Å². The second-order valence-electron chi connectivity index (χ2n) is 3.05. The molecule has 1 nitrogen and oxygen atoms in total. The van der Waals surface area contributed by atoms with Crippen LogP contribution in [0.15, 0.2) is 41.0 Å². The summed E-state index contributed by atoms with van der Waals surface area (Å²) in [6.45, 7) is 0. The van der Waals surface area contributed by atoms with Gasteiger partial charge >= 0.3 is 0 Å². The summed E-state index contributed by atoms with van der Waals surface area (Å²) < 4.78 is 30.8. The van der Waals surface area contributed by atoms with Crippen molar-refractivity contribution in [2.45, 2.75) is 4.83 Å². The van der Waals surface area contributed by atoms with Crippen LogP contribution in [0.3, 0.4) is 0 Å². The van der Waals surface area contributed by atoms with E-state index in [1.165, 1.54) is 12.3 Å². The predicted molar refractivity (Wildman–Crippen MR) is 55.8 cm³/mol. The number of hydrogen-bond acceptors (Lipinski definition) is 1. The van der Waals surface area contributed by atoms with E-state index in [-0.39, 0.29) is 4.83 Å². The van der Waals surface area contributed by atoms with E-state index < -0.39 is 11.6 Å². The maximum Gasteiger partial charge on any atom is 0.159 e. The van der Waals surface area contributed by atoms with Gasteiger partial charge in [-0.05, 0) is 29.8 Å². The monoisotopic (exact) mass is 272 g/mol. The molecule has 0 aliphatic carbocycles. The molecular formula is C11H7BrF2O. The second kappa shape index (κ2) is 4.14. The molecule has 0 aliphatic rings. The molecule has 2 aromatic rings. The third-order valence-corrected chi connectivity index (χ3v) is 3.01. The summed E-state index contributed by atoms with van der Waals surface area (Å²) in [6.07, 6.45) is 1.53. The Hall–Kier alpha value is -1.16. The molecule has 1 aromatic carbocycles. The van der Waals surface area contributed by atoms with Crippen molar-refractivity contribution >= 4 is 15.9 Å². The van der Waals surface area contributed by atoms with Crippen LogP contribution in [-0.2, 0) is 0 Å². The minimum atomic E-state index is -0.858. The van der Waals surface area contributed by atoms with Crippen LogP contribution in [0.2, 0.25) is 0 Å². The van der Waals surface area contributed by atoms with Crippen LogP contribution in [0, 0.1) is 11.6 Å². The standard InChI is InChI=1S/C11H7BrF2O/c12-11(10-2-1-5-15-10)7-3-4-8(13)9(14)6-7/h1-6,11H. The van der Waals surface area contributed by atoms with Gasteiger partial charge in [-0.15, -0.1) is 0 Å². The van der Waals surface area contributed by atoms with E-state index >= 15 is 0 Å². The number of hydrogen-bond donors (Lipinski definition) is 0. The highest BCUT2D eigenvalue weighted by molar-refractivity contribution is 9.09. The molecule has 2 rings (SSSR count). The van der Waals surface area contributed by atoms with Crippen molar-refractivity contribution in [3.8, 4) is 0 Å². The van der Waals surface area contributed by atoms with Crippen molar-refractivity contribution in [3.63, 3.8) is 0 Å². The Labute approximate surface area is 93.8 Å². The molecule has 0 amide bonds. The Morgan fingerprint density at radius 1 is 1.13 bits per heavy atom. The molecule has 1 unspecified atom stereocenters. The molecule has 0 bridgehead atoms. The second-order valence-corrected chi connectivity index (χ2v) is 3.97. The van der Waals surface area contributed by atoms with E-state index in [9.17, 15) is 8.78 Å². The van der Waals surface area contributed by atoms with E-state index in [0.717, 1.165) is 12.1 Å². The third-order valence-electron chi connectivity index (χ3n) is 2.03. The van der Waals surface area contributed by atoms with Crippen LogP contribution in [0.4, 0.5) is 8.78 Å². The zero-order chi connectivity index (χ0) is 10.8. The first kappa shape index (κ1) is 10.4. The van der Waals surface area contributed by atoms with Gasteiger partial charge in [0.1, 0.15) is 5.76 Å². The van der Waals surface area contributed by atoms with Crippen molar-refractivity contribution in [3.05, 3.63) is 59.6 Å². The average molecular weight is 273 g/mol. The molecule has 15 heavy (non-hydrogen) atoms. The number of halogens is 3. The molecule has 0 spiro atoms. The number of alkyl halides is 1. The lowest BCUT2D eigenvalue weighted by molar-refractivity contribution is 0.502. The van der Waals surface area contributed by atoms with Crippen molar-refractivity contribution < 1.29 is 13.2 Å². The van der Waals surface area contributed by atoms with E-state index in [0.29, 0.717) is 11.3 Å². The Morgan fingerprint density at radius 2 is 1.93 bits per heavy atom. The number of furan rings is 1. The highest BCUT2D eigenvalue weighted by Gasteiger charge is 2.14. The topological polar surface area (TPSA) is 13.1 Å². The molecule has 0 saturated carbocycles. The minimum absolute atomic E-state index is 0.261. The summed E-state index contributed by atoms with van der Waals surface area (Å²) >= 11 is 3.35. The van der Waals surface area contributed by atoms with Gasteiger partial charge in [-0.25, -0.2) is 8.78 Å². The van der Waals surface area contributed by atoms with Crippen LogP contribution in [-0.4, -0.2) is 0 Å². The van der Waals surface area contributed by atoms with Gasteiger partial charge in [0.25, 0.3) is 0 Å². The van der Waals surface area contributed by atoms with Crippen molar-refractivity contribution in [2.75, 3.05) is 0 Å². The molecule has 0 N–H and O–H groups in total. The first-order valence-corrected chi connectivity index (χ1v) is 5.22. The van der Waals surface area contributed by atoms with Crippen molar-refractivity contribution in [1.29, 1.82) is 0 Å². The molecule has 0 saturated heterocycles. The molecular weight excluding hydrogens is 266 g/mol. The average Bonchev–Trinajstić information content (AvgIpc) is 2.74. The van der Waals surface area contributed by atoms with Gasteiger partial charge in [-0.1, -0.05) is 22.0 Å². The SMILES string of the molecule is Fc1ccc(C(Br)c2ccco2)cc1F. The fourth-order valence-electron chi connectivity index (χ4n) is 1.27. The molecule has 78 valence electrons. The van der Waals surface area contributed by atoms with Gasteiger partial charge in [0, 0.05) is 0 Å². The van der Waals surface area contributed by atoms with Gasteiger partial charge in [0.05, 0.1) is 11.1 Å². The van der Waals surface area contributed by atoms with Gasteiger partial charge in [0.15, 0.2) is 11.6 Å². The van der Waals surface area contributed by atoms with E-state index in [1.54, 1.807) is 12.1 Å². The maximum absolute atomic E-state index is 13.0. The molecule has 1 aromatic heterocycles. The summed E-state index contributed by atoms with van der Waals surface area (Å²) in [4.78, 5) is -0.261. The lowest BCUT2D eigenvalue weighted by Crippen LogP contribution is -1.93. The Kier molecular flexibility index (Phi) is 2.86. The summed E-state index contributed by atoms with van der Waals surface area (Å²) in [5.41, 5.74) is 0.615. The van der Waals surface area contributed by atoms with E-state index in [2.05, 4.69) is 15.9 Å². The van der Waals surface area contributed by atoms with Crippen molar-refractivity contribution in [1.82, 2.24) is 0 Å². The summed E-state index contributed by atoms with van der Waals surface area (Å²) in [5, 5.41) is 0. The molecule has 1 heterocycles. The fourth-order valence-corrected chi connectivity index (χ4v) is 1.82. The van der Waals surface area contributed by atoms with Crippen LogP contribution in [0.5, 0.6) is 0 Å². The summed E-state index contributed by atoms with van der Waals surface area (Å²) in [6, 6.07) is 7.27. The van der Waals surface area contributed by atoms with Gasteiger partial charge in [0.2, 0.25) is 0 Å². The third kappa shape index (κ3) is 2.09. The predicted octanol–water partition coefficient (Wildman–Crippen LogP) is 4.04. The van der Waals surface area contributed by atoms with Gasteiger partial charge in [-0.3, -0.25) is 0 Å². The zero-order valence-corrected chi connectivity index (χ0v) is 9.17. The van der Waals surface area contributed by atoms with E-state index in [1.807, 2.05) is 0 Å². The van der Waals surface area contributed by atoms with Crippen LogP contribution in [0.1, 0.15) is 16.2 Å². The number of rotatable bonds is 2. The van der Waals surface area contributed by atoms with Gasteiger partial charge in [-0.2, -0.15) is 0 Å². The zero-order valence-electron chi connectivity index (χ0n) is 7.58. The molecule has 0 fully saturated rings. The highest BCUT2D eigenvalue weighted by atomic mass is 79.9. The molecule has 1 atom stereocenters. The first-order valence-electron chi connectivity index (χ1n) is 4.31. The smallest absolute Gasteiger partial charge is 0.159 e. The summed E-state index contributed by atoms with van der Waals surface area (Å²) in [5.74, 6) is -1.05. The Morgan fingerprint density at radius 3 is 2.53 bits per heavy atom. The van der Waals surface area contributed by atoms with E-state index in [4.69, 9.17) is 4.42 Å². The van der Waals surface area contributed by atoms with Crippen LogP contribution in [0.25, 0.3) is 0 Å². The Bertz CT molecular complexity index is 454. The molecule has 4 heteroatoms. The lowest BCUT2D eigenvalue weighted by Gasteiger charge is -2.07. The summed E-state index contributed by atoms with van der Waals surface area (Å²) in [7, 11) is 0. The Balaban J connectivity index is 2.34. The molecule has 0 radical (unpaired) electrons. The maximum atomic E-state index is 13.0. The number of benzene rings is 1. The minimum Gasteiger partial charge on any atom is -0.468 e. The largest absolute Gasteiger partial charge is 0.468 e. The quantitative estimate of drug-likeness (QED) is 0.752. The van der Waals surface area contributed by atoms with Crippen LogP contribution >= 0.6 is 15.9 Å². The fraction of sp³-hybridized carbons (Fsp3) is 0.0909. The lowest BCUT2D eigenvalue weighted by atomic mass is 10.1. The normalized spacial score (nSPS) is 12.7. The highest BCUT2D eigenvalue weighted by Crippen LogP contribution is 2.31. The van der Waals surface area contributed by atoms with Gasteiger partial charge < -0.3 is 4.42 Å². The molecule has 0 aliphatic heterocycles. The van der Waals surface area contributed by atoms with Crippen LogP contribution < -0.4 is 0 Å². The first-order chi connectivity index (χ1) is 7.18.